The van der Waals surface area contributed by atoms with Crippen LogP contribution in [-0.2, 0) is 4.74 Å². The van der Waals surface area contributed by atoms with E-state index in [1.165, 1.54) is 6.42 Å². The van der Waals surface area contributed by atoms with Crippen LogP contribution in [-0.4, -0.2) is 50.3 Å². The number of nitrogens with one attached hydrogen (secondary N) is 1. The van der Waals surface area contributed by atoms with E-state index in [2.05, 4.69) is 10.2 Å². The van der Waals surface area contributed by atoms with Gasteiger partial charge in [0.25, 0.3) is 0 Å². The highest BCUT2D eigenvalue weighted by molar-refractivity contribution is 5.24. The predicted molar refractivity (Wildman–Crippen MR) is 82.0 cm³/mol. The Morgan fingerprint density at radius 1 is 1.19 bits per heavy atom. The van der Waals surface area contributed by atoms with Crippen molar-refractivity contribution in [1.82, 2.24) is 10.2 Å². The van der Waals surface area contributed by atoms with Crippen LogP contribution in [0.15, 0.2) is 24.3 Å². The Morgan fingerprint density at radius 2 is 1.95 bits per heavy atom. The lowest BCUT2D eigenvalue weighted by atomic mass is 9.75. The third-order valence-corrected chi connectivity index (χ3v) is 4.67. The maximum absolute atomic E-state index is 13.7. The lowest BCUT2D eigenvalue weighted by Crippen LogP contribution is -2.42. The molecule has 4 heteroatoms. The zero-order chi connectivity index (χ0) is 14.5. The van der Waals surface area contributed by atoms with Gasteiger partial charge in [-0.3, -0.25) is 4.90 Å². The number of ether oxygens (including phenoxy) is 1. The molecular weight excluding hydrogens is 267 g/mol. The van der Waals surface area contributed by atoms with Crippen molar-refractivity contribution in [3.05, 3.63) is 35.6 Å². The summed E-state index contributed by atoms with van der Waals surface area (Å²) in [4.78, 5) is 2.47. The Morgan fingerprint density at radius 3 is 2.71 bits per heavy atom. The zero-order valence-electron chi connectivity index (χ0n) is 12.6. The molecule has 116 valence electrons. The van der Waals surface area contributed by atoms with Crippen molar-refractivity contribution in [3.8, 4) is 0 Å². The zero-order valence-corrected chi connectivity index (χ0v) is 12.6. The Kier molecular flexibility index (Phi) is 5.22. The van der Waals surface area contributed by atoms with E-state index in [0.29, 0.717) is 12.0 Å². The molecule has 1 heterocycles. The third-order valence-electron chi connectivity index (χ3n) is 4.67. The Labute approximate surface area is 126 Å². The summed E-state index contributed by atoms with van der Waals surface area (Å²) < 4.78 is 19.0. The molecule has 1 aliphatic carbocycles. The van der Waals surface area contributed by atoms with Crippen molar-refractivity contribution in [2.24, 2.45) is 0 Å². The number of rotatable bonds is 6. The quantitative estimate of drug-likeness (QED) is 0.815. The minimum absolute atomic E-state index is 0.0479. The average molecular weight is 292 g/mol. The summed E-state index contributed by atoms with van der Waals surface area (Å²) >= 11 is 0. The van der Waals surface area contributed by atoms with E-state index in [4.69, 9.17) is 4.74 Å². The number of benzene rings is 1. The van der Waals surface area contributed by atoms with Crippen LogP contribution in [0.1, 0.15) is 30.7 Å². The lowest BCUT2D eigenvalue weighted by molar-refractivity contribution is 0.0372. The van der Waals surface area contributed by atoms with E-state index in [0.717, 1.165) is 57.8 Å². The monoisotopic (exact) mass is 292 g/mol. The van der Waals surface area contributed by atoms with Gasteiger partial charge in [-0.2, -0.15) is 0 Å². The summed E-state index contributed by atoms with van der Waals surface area (Å²) in [7, 11) is 0. The molecule has 0 bridgehead atoms. The number of hydrogen-bond donors (Lipinski definition) is 1. The van der Waals surface area contributed by atoms with Gasteiger partial charge in [0.1, 0.15) is 5.82 Å². The fourth-order valence-corrected chi connectivity index (χ4v) is 3.28. The fraction of sp³-hybridized carbons (Fsp3) is 0.647. The van der Waals surface area contributed by atoms with Crippen molar-refractivity contribution in [1.29, 1.82) is 0 Å². The van der Waals surface area contributed by atoms with Crippen LogP contribution in [0, 0.1) is 5.82 Å². The van der Waals surface area contributed by atoms with Crippen LogP contribution in [0.25, 0.3) is 0 Å². The first-order chi connectivity index (χ1) is 10.3. The number of hydrogen-bond acceptors (Lipinski definition) is 3. The molecule has 1 aromatic rings. The third kappa shape index (κ3) is 4.02. The summed E-state index contributed by atoms with van der Waals surface area (Å²) in [6, 6.07) is 7.76. The van der Waals surface area contributed by atoms with Gasteiger partial charge in [0, 0.05) is 19.1 Å². The summed E-state index contributed by atoms with van der Waals surface area (Å²) in [5.74, 6) is 0.358. The molecule has 0 atom stereocenters. The minimum Gasteiger partial charge on any atom is -0.379 e. The second-order valence-corrected chi connectivity index (χ2v) is 6.15. The number of morpholine rings is 1. The number of nitrogens with zero attached hydrogens (tertiary/aromatic N) is 1. The first-order valence-corrected chi connectivity index (χ1v) is 8.11. The molecule has 0 unspecified atom stereocenters. The highest BCUT2D eigenvalue weighted by atomic mass is 19.1. The normalized spacial score (nSPS) is 26.5. The molecule has 0 amide bonds. The van der Waals surface area contributed by atoms with Crippen LogP contribution in [0.4, 0.5) is 4.39 Å². The average Bonchev–Trinajstić information content (AvgIpc) is 2.47. The highest BCUT2D eigenvalue weighted by Crippen LogP contribution is 2.37. The summed E-state index contributed by atoms with van der Waals surface area (Å²) in [5.41, 5.74) is 0.892. The van der Waals surface area contributed by atoms with Gasteiger partial charge in [-0.15, -0.1) is 0 Å². The van der Waals surface area contributed by atoms with Gasteiger partial charge in [0.05, 0.1) is 13.2 Å². The molecule has 1 aromatic carbocycles. The van der Waals surface area contributed by atoms with Crippen LogP contribution < -0.4 is 5.32 Å². The Hall–Kier alpha value is -0.970. The van der Waals surface area contributed by atoms with Crippen molar-refractivity contribution in [3.63, 3.8) is 0 Å². The van der Waals surface area contributed by atoms with Gasteiger partial charge in [-0.1, -0.05) is 18.2 Å². The maximum Gasteiger partial charge on any atom is 0.126 e. The second-order valence-electron chi connectivity index (χ2n) is 6.15. The van der Waals surface area contributed by atoms with E-state index >= 15 is 0 Å². The fourth-order valence-electron chi connectivity index (χ4n) is 3.28. The largest absolute Gasteiger partial charge is 0.379 e. The topological polar surface area (TPSA) is 24.5 Å². The van der Waals surface area contributed by atoms with Crippen molar-refractivity contribution in [2.45, 2.75) is 31.2 Å². The van der Waals surface area contributed by atoms with E-state index in [1.807, 2.05) is 12.1 Å². The van der Waals surface area contributed by atoms with Crippen LogP contribution >= 0.6 is 0 Å². The van der Waals surface area contributed by atoms with Gasteiger partial charge in [-0.25, -0.2) is 4.39 Å². The number of halogens is 1. The molecule has 3 nitrogen and oxygen atoms in total. The van der Waals surface area contributed by atoms with E-state index in [1.54, 1.807) is 12.1 Å². The lowest BCUT2D eigenvalue weighted by Gasteiger charge is -2.36. The van der Waals surface area contributed by atoms with Crippen molar-refractivity contribution < 1.29 is 9.13 Å². The van der Waals surface area contributed by atoms with Crippen LogP contribution in [0.3, 0.4) is 0 Å². The van der Waals surface area contributed by atoms with Gasteiger partial charge in [0.2, 0.25) is 0 Å². The molecule has 1 aliphatic heterocycles. The molecule has 3 rings (SSSR count). The van der Waals surface area contributed by atoms with Crippen LogP contribution in [0.2, 0.25) is 0 Å². The molecule has 2 aliphatic rings. The van der Waals surface area contributed by atoms with Gasteiger partial charge >= 0.3 is 0 Å². The van der Waals surface area contributed by atoms with Gasteiger partial charge in [-0.05, 0) is 49.9 Å². The predicted octanol–water partition coefficient (Wildman–Crippen LogP) is 2.38. The molecule has 0 aromatic heterocycles. The first kappa shape index (κ1) is 14.9. The maximum atomic E-state index is 13.7. The molecular formula is C17H25FN2O. The van der Waals surface area contributed by atoms with E-state index in [9.17, 15) is 4.39 Å². The Balaban J connectivity index is 1.30. The van der Waals surface area contributed by atoms with E-state index in [-0.39, 0.29) is 5.82 Å². The van der Waals surface area contributed by atoms with Gasteiger partial charge in [0.15, 0.2) is 0 Å². The van der Waals surface area contributed by atoms with E-state index < -0.39 is 0 Å². The van der Waals surface area contributed by atoms with Crippen molar-refractivity contribution >= 4 is 0 Å². The summed E-state index contributed by atoms with van der Waals surface area (Å²) in [6.45, 7) is 6.10. The molecule has 2 fully saturated rings. The minimum atomic E-state index is -0.0479. The first-order valence-electron chi connectivity index (χ1n) is 8.11. The second kappa shape index (κ2) is 7.34. The van der Waals surface area contributed by atoms with Crippen LogP contribution in [0.5, 0.6) is 0 Å². The molecule has 0 radical (unpaired) electrons. The highest BCUT2D eigenvalue weighted by Gasteiger charge is 2.31. The Bertz CT molecular complexity index is 442. The smallest absolute Gasteiger partial charge is 0.126 e. The molecule has 1 saturated carbocycles. The summed E-state index contributed by atoms with van der Waals surface area (Å²) in [5, 5.41) is 3.60. The molecule has 1 N–H and O–H groups in total. The van der Waals surface area contributed by atoms with Crippen molar-refractivity contribution in [2.75, 3.05) is 39.4 Å². The standard InChI is InChI=1S/C17H25FN2O/c18-17-5-2-1-4-16(17)14-12-15(13-14)19-6-3-7-20-8-10-21-11-9-20/h1-2,4-5,14-15,19H,3,6-13H2. The van der Waals surface area contributed by atoms with Gasteiger partial charge < -0.3 is 10.1 Å². The summed E-state index contributed by atoms with van der Waals surface area (Å²) in [6.07, 6.45) is 3.32. The SMILES string of the molecule is Fc1ccccc1C1CC(NCCCN2CCOCC2)C1. The molecule has 1 saturated heterocycles. The molecule has 0 spiro atoms. The molecule has 21 heavy (non-hydrogen) atoms.